The largest absolute Gasteiger partial charge is 0.483 e. The van der Waals surface area contributed by atoms with Crippen LogP contribution < -0.4 is 10.1 Å². The summed E-state index contributed by atoms with van der Waals surface area (Å²) in [7, 11) is 0. The van der Waals surface area contributed by atoms with E-state index >= 15 is 0 Å². The Morgan fingerprint density at radius 1 is 1.26 bits per heavy atom. The highest BCUT2D eigenvalue weighted by atomic mass is 16.5. The van der Waals surface area contributed by atoms with Crippen LogP contribution in [0.2, 0.25) is 0 Å². The number of amides is 2. The van der Waals surface area contributed by atoms with Gasteiger partial charge in [0, 0.05) is 25.1 Å². The van der Waals surface area contributed by atoms with Crippen LogP contribution in [0.4, 0.5) is 0 Å². The lowest BCUT2D eigenvalue weighted by Crippen LogP contribution is -2.33. The minimum Gasteiger partial charge on any atom is -0.483 e. The summed E-state index contributed by atoms with van der Waals surface area (Å²) in [5.41, 5.74) is 0.935. The monoisotopic (exact) mass is 370 g/mol. The third-order valence-corrected chi connectivity index (χ3v) is 5.41. The summed E-state index contributed by atoms with van der Waals surface area (Å²) in [6.07, 6.45) is 9.86. The molecule has 1 saturated heterocycles. The van der Waals surface area contributed by atoms with E-state index in [0.29, 0.717) is 18.1 Å². The molecule has 1 fully saturated rings. The van der Waals surface area contributed by atoms with E-state index in [2.05, 4.69) is 17.5 Å². The number of para-hydroxylation sites is 1. The maximum absolute atomic E-state index is 12.4. The number of nitrogens with one attached hydrogen (secondary N) is 1. The van der Waals surface area contributed by atoms with Gasteiger partial charge in [-0.05, 0) is 44.1 Å². The zero-order valence-corrected chi connectivity index (χ0v) is 16.2. The van der Waals surface area contributed by atoms with Crippen molar-refractivity contribution in [3.05, 3.63) is 42.0 Å². The van der Waals surface area contributed by atoms with Crippen molar-refractivity contribution in [2.45, 2.75) is 51.5 Å². The van der Waals surface area contributed by atoms with Gasteiger partial charge in [-0.25, -0.2) is 0 Å². The molecule has 2 atom stereocenters. The van der Waals surface area contributed by atoms with Gasteiger partial charge in [0.15, 0.2) is 6.61 Å². The summed E-state index contributed by atoms with van der Waals surface area (Å²) < 4.78 is 5.86. The van der Waals surface area contributed by atoms with E-state index in [1.54, 1.807) is 0 Å². The molecule has 146 valence electrons. The van der Waals surface area contributed by atoms with Crippen molar-refractivity contribution in [2.75, 3.05) is 19.7 Å². The Bertz CT molecular complexity index is 680. The first-order valence-electron chi connectivity index (χ1n) is 10.1. The smallest absolute Gasteiger partial charge is 0.260 e. The highest BCUT2D eigenvalue weighted by Gasteiger charge is 2.22. The molecule has 1 aliphatic carbocycles. The van der Waals surface area contributed by atoms with E-state index in [0.717, 1.165) is 50.8 Å². The van der Waals surface area contributed by atoms with Gasteiger partial charge in [-0.1, -0.05) is 37.3 Å². The van der Waals surface area contributed by atoms with Crippen LogP contribution in [0.15, 0.2) is 36.4 Å². The van der Waals surface area contributed by atoms with Gasteiger partial charge in [-0.15, -0.1) is 0 Å². The van der Waals surface area contributed by atoms with Crippen LogP contribution >= 0.6 is 0 Å². The Morgan fingerprint density at radius 3 is 2.74 bits per heavy atom. The highest BCUT2D eigenvalue weighted by Crippen LogP contribution is 2.28. The van der Waals surface area contributed by atoms with Gasteiger partial charge in [-0.2, -0.15) is 0 Å². The summed E-state index contributed by atoms with van der Waals surface area (Å²) in [4.78, 5) is 26.6. The molecule has 1 aliphatic heterocycles. The fourth-order valence-corrected chi connectivity index (χ4v) is 3.85. The predicted molar refractivity (Wildman–Crippen MR) is 105 cm³/mol. The number of hydrogen-bond acceptors (Lipinski definition) is 3. The third-order valence-electron chi connectivity index (χ3n) is 5.41. The second-order valence-corrected chi connectivity index (χ2v) is 7.41. The highest BCUT2D eigenvalue weighted by molar-refractivity contribution is 5.78. The lowest BCUT2D eigenvalue weighted by atomic mass is 10.0. The van der Waals surface area contributed by atoms with Gasteiger partial charge in [-0.3, -0.25) is 9.59 Å². The van der Waals surface area contributed by atoms with Crippen molar-refractivity contribution < 1.29 is 14.3 Å². The maximum Gasteiger partial charge on any atom is 0.260 e. The molecule has 1 heterocycles. The zero-order chi connectivity index (χ0) is 19.1. The maximum atomic E-state index is 12.4. The molecule has 2 amide bonds. The number of carbonyl (C=O) groups excluding carboxylic acids is 2. The van der Waals surface area contributed by atoms with E-state index in [1.165, 1.54) is 0 Å². The molecule has 27 heavy (non-hydrogen) atoms. The SMILES string of the molecule is CCC(NC(=O)CC1C=CCC1)c1ccccc1OCC(=O)N1CCCC1. The van der Waals surface area contributed by atoms with Crippen LogP contribution in [0.25, 0.3) is 0 Å². The summed E-state index contributed by atoms with van der Waals surface area (Å²) in [6.45, 7) is 3.75. The van der Waals surface area contributed by atoms with Crippen LogP contribution in [0.1, 0.15) is 57.1 Å². The molecule has 3 rings (SSSR count). The fourth-order valence-electron chi connectivity index (χ4n) is 3.85. The Kier molecular flexibility index (Phi) is 6.91. The number of likely N-dealkylation sites (tertiary alicyclic amines) is 1. The molecule has 2 aliphatic rings. The van der Waals surface area contributed by atoms with E-state index in [1.807, 2.05) is 36.1 Å². The average molecular weight is 370 g/mol. The molecule has 2 unspecified atom stereocenters. The number of rotatable bonds is 8. The molecule has 0 saturated carbocycles. The van der Waals surface area contributed by atoms with Crippen LogP contribution in [-0.2, 0) is 9.59 Å². The second-order valence-electron chi connectivity index (χ2n) is 7.41. The van der Waals surface area contributed by atoms with Gasteiger partial charge >= 0.3 is 0 Å². The zero-order valence-electron chi connectivity index (χ0n) is 16.2. The molecule has 0 aromatic heterocycles. The Balaban J connectivity index is 1.60. The molecule has 1 aromatic carbocycles. The normalized spacial score (nSPS) is 19.9. The first-order valence-corrected chi connectivity index (χ1v) is 10.1. The Morgan fingerprint density at radius 2 is 2.04 bits per heavy atom. The van der Waals surface area contributed by atoms with Crippen LogP contribution in [0.5, 0.6) is 5.75 Å². The van der Waals surface area contributed by atoms with Gasteiger partial charge in [0.1, 0.15) is 5.75 Å². The summed E-state index contributed by atoms with van der Waals surface area (Å²) in [5.74, 6) is 1.14. The number of benzene rings is 1. The molecule has 1 N–H and O–H groups in total. The number of carbonyl (C=O) groups is 2. The summed E-state index contributed by atoms with van der Waals surface area (Å²) in [6, 6.07) is 7.58. The minimum absolute atomic E-state index is 0.0346. The fraction of sp³-hybridized carbons (Fsp3) is 0.545. The molecule has 1 aromatic rings. The van der Waals surface area contributed by atoms with Crippen LogP contribution in [-0.4, -0.2) is 36.4 Å². The van der Waals surface area contributed by atoms with E-state index < -0.39 is 0 Å². The molecule has 5 heteroatoms. The van der Waals surface area contributed by atoms with Crippen LogP contribution in [0, 0.1) is 5.92 Å². The molecule has 5 nitrogen and oxygen atoms in total. The average Bonchev–Trinajstić information content (AvgIpc) is 3.38. The number of nitrogens with zero attached hydrogens (tertiary/aromatic N) is 1. The summed E-state index contributed by atoms with van der Waals surface area (Å²) >= 11 is 0. The molecule has 0 spiro atoms. The second kappa shape index (κ2) is 9.58. The van der Waals surface area contributed by atoms with Crippen LogP contribution in [0.3, 0.4) is 0 Å². The first kappa shape index (κ1) is 19.5. The van der Waals surface area contributed by atoms with Crippen molar-refractivity contribution >= 4 is 11.8 Å². The van der Waals surface area contributed by atoms with Crippen molar-refractivity contribution in [3.63, 3.8) is 0 Å². The van der Waals surface area contributed by atoms with Crippen molar-refractivity contribution in [2.24, 2.45) is 5.92 Å². The Labute approximate surface area is 161 Å². The molecular weight excluding hydrogens is 340 g/mol. The van der Waals surface area contributed by atoms with Gasteiger partial charge in [0.05, 0.1) is 6.04 Å². The van der Waals surface area contributed by atoms with Crippen molar-refractivity contribution in [1.82, 2.24) is 10.2 Å². The Hall–Kier alpha value is -2.30. The first-order chi connectivity index (χ1) is 13.2. The topological polar surface area (TPSA) is 58.6 Å². The van der Waals surface area contributed by atoms with Gasteiger partial charge in [0.25, 0.3) is 5.91 Å². The predicted octanol–water partition coefficient (Wildman–Crippen LogP) is 3.61. The molecule has 0 bridgehead atoms. The minimum atomic E-state index is -0.110. The quantitative estimate of drug-likeness (QED) is 0.711. The number of allylic oxidation sites excluding steroid dienone is 2. The van der Waals surface area contributed by atoms with Crippen molar-refractivity contribution in [3.8, 4) is 5.75 Å². The van der Waals surface area contributed by atoms with E-state index in [9.17, 15) is 9.59 Å². The van der Waals surface area contributed by atoms with E-state index in [4.69, 9.17) is 4.74 Å². The number of ether oxygens (including phenoxy) is 1. The third kappa shape index (κ3) is 5.34. The molecular formula is C22H30N2O3. The lowest BCUT2D eigenvalue weighted by Gasteiger charge is -2.22. The summed E-state index contributed by atoms with van der Waals surface area (Å²) in [5, 5.41) is 3.14. The molecule has 0 radical (unpaired) electrons. The van der Waals surface area contributed by atoms with Gasteiger partial charge in [0.2, 0.25) is 5.91 Å². The van der Waals surface area contributed by atoms with E-state index in [-0.39, 0.29) is 24.5 Å². The standard InChI is InChI=1S/C22H30N2O3/c1-2-19(23-21(25)15-17-9-3-4-10-17)18-11-5-6-12-20(18)27-16-22(26)24-13-7-8-14-24/h3,5-6,9,11-12,17,19H,2,4,7-8,10,13-16H2,1H3,(H,23,25). The lowest BCUT2D eigenvalue weighted by molar-refractivity contribution is -0.132. The number of hydrogen-bond donors (Lipinski definition) is 1. The van der Waals surface area contributed by atoms with Crippen molar-refractivity contribution in [1.29, 1.82) is 0 Å². The van der Waals surface area contributed by atoms with Gasteiger partial charge < -0.3 is 15.0 Å².